The normalized spacial score (nSPS) is 11.8. The molecule has 2 N–H and O–H groups in total. The van der Waals surface area contributed by atoms with Crippen LogP contribution in [0, 0.1) is 0 Å². The Hall–Kier alpha value is -1.63. The van der Waals surface area contributed by atoms with Gasteiger partial charge in [0.1, 0.15) is 19.3 Å². The lowest BCUT2D eigenvalue weighted by atomic mass is 10.1. The second-order valence-corrected chi connectivity index (χ2v) is 7.20. The molecule has 0 amide bonds. The van der Waals surface area contributed by atoms with Gasteiger partial charge in [0.25, 0.3) is 0 Å². The number of ether oxygens (including phenoxy) is 2. The molecule has 0 saturated heterocycles. The van der Waals surface area contributed by atoms with E-state index in [4.69, 9.17) is 14.6 Å². The van der Waals surface area contributed by atoms with Crippen molar-refractivity contribution in [3.8, 4) is 0 Å². The van der Waals surface area contributed by atoms with Crippen molar-refractivity contribution in [3.05, 3.63) is 0 Å². The van der Waals surface area contributed by atoms with Crippen LogP contribution in [0.3, 0.4) is 0 Å². The first-order valence-electron chi connectivity index (χ1n) is 10.7. The van der Waals surface area contributed by atoms with Crippen molar-refractivity contribution in [3.63, 3.8) is 0 Å². The zero-order valence-corrected chi connectivity index (χ0v) is 17.3. The predicted molar refractivity (Wildman–Crippen MR) is 106 cm³/mol. The molecule has 0 aliphatic heterocycles. The summed E-state index contributed by atoms with van der Waals surface area (Å²) in [7, 11) is 0. The van der Waals surface area contributed by atoms with Gasteiger partial charge in [0, 0.05) is 6.42 Å². The summed E-state index contributed by atoms with van der Waals surface area (Å²) in [6.45, 7) is 1.68. The minimum absolute atomic E-state index is 0.233. The highest BCUT2D eigenvalue weighted by atomic mass is 16.6. The quantitative estimate of drug-likeness (QED) is 0.248. The van der Waals surface area contributed by atoms with Gasteiger partial charge in [-0.2, -0.15) is 0 Å². The standard InChI is InChI=1S/C21H38O7/c1-2-3-4-5-6-7-8-9-10-11-12-13-20(25)27-16-18(22)17-28-21(26)15-14-19(23)24/h18,22H,2-17H2,1H3,(H,23,24). The summed E-state index contributed by atoms with van der Waals surface area (Å²) < 4.78 is 9.67. The average molecular weight is 403 g/mol. The number of esters is 2. The lowest BCUT2D eigenvalue weighted by Gasteiger charge is -2.11. The van der Waals surface area contributed by atoms with Gasteiger partial charge in [-0.3, -0.25) is 14.4 Å². The van der Waals surface area contributed by atoms with Crippen LogP contribution in [0.25, 0.3) is 0 Å². The highest BCUT2D eigenvalue weighted by Gasteiger charge is 2.12. The van der Waals surface area contributed by atoms with Crippen LogP contribution in [0.2, 0.25) is 0 Å². The molecule has 7 heteroatoms. The molecule has 0 aromatic carbocycles. The SMILES string of the molecule is CCCCCCCCCCCCCC(=O)OCC(O)COC(=O)CCC(=O)O. The smallest absolute Gasteiger partial charge is 0.306 e. The van der Waals surface area contributed by atoms with Crippen molar-refractivity contribution < 1.29 is 34.1 Å². The number of hydrogen-bond donors (Lipinski definition) is 2. The maximum absolute atomic E-state index is 11.6. The molecule has 0 bridgehead atoms. The lowest BCUT2D eigenvalue weighted by Crippen LogP contribution is -2.25. The molecule has 0 spiro atoms. The number of carbonyl (C=O) groups is 3. The molecule has 0 radical (unpaired) electrons. The summed E-state index contributed by atoms with van der Waals surface area (Å²) in [4.78, 5) is 33.2. The first kappa shape index (κ1) is 26.4. The summed E-state index contributed by atoms with van der Waals surface area (Å²) in [6.07, 6.45) is 11.9. The summed E-state index contributed by atoms with van der Waals surface area (Å²) in [6, 6.07) is 0. The van der Waals surface area contributed by atoms with E-state index in [0.717, 1.165) is 19.3 Å². The molecule has 1 atom stereocenters. The molecule has 164 valence electrons. The Morgan fingerprint density at radius 2 is 1.11 bits per heavy atom. The van der Waals surface area contributed by atoms with E-state index in [9.17, 15) is 19.5 Å². The van der Waals surface area contributed by atoms with Gasteiger partial charge in [-0.1, -0.05) is 71.1 Å². The molecular weight excluding hydrogens is 364 g/mol. The zero-order chi connectivity index (χ0) is 21.0. The first-order valence-corrected chi connectivity index (χ1v) is 10.7. The monoisotopic (exact) mass is 402 g/mol. The van der Waals surface area contributed by atoms with E-state index in [-0.39, 0.29) is 32.0 Å². The second kappa shape index (κ2) is 18.7. The Bertz CT molecular complexity index is 423. The van der Waals surface area contributed by atoms with E-state index in [1.54, 1.807) is 0 Å². The minimum Gasteiger partial charge on any atom is -0.481 e. The first-order chi connectivity index (χ1) is 13.5. The van der Waals surface area contributed by atoms with E-state index in [0.29, 0.717) is 6.42 Å². The lowest BCUT2D eigenvalue weighted by molar-refractivity contribution is -0.154. The molecule has 0 aliphatic carbocycles. The molecular formula is C21H38O7. The Labute approximate surface area is 168 Å². The maximum Gasteiger partial charge on any atom is 0.306 e. The Kier molecular flexibility index (Phi) is 17.6. The largest absolute Gasteiger partial charge is 0.481 e. The third-order valence-electron chi connectivity index (χ3n) is 4.40. The van der Waals surface area contributed by atoms with Gasteiger partial charge in [-0.15, -0.1) is 0 Å². The number of rotatable bonds is 19. The molecule has 0 rings (SSSR count). The third kappa shape index (κ3) is 19.1. The Morgan fingerprint density at radius 3 is 1.57 bits per heavy atom. The predicted octanol–water partition coefficient (Wildman–Crippen LogP) is 4.00. The Morgan fingerprint density at radius 1 is 0.679 bits per heavy atom. The molecule has 7 nitrogen and oxygen atoms in total. The molecule has 0 aromatic heterocycles. The van der Waals surface area contributed by atoms with Crippen LogP contribution in [0.15, 0.2) is 0 Å². The summed E-state index contributed by atoms with van der Waals surface area (Å²) in [5, 5.41) is 18.1. The summed E-state index contributed by atoms with van der Waals surface area (Å²) in [5.74, 6) is -2.16. The fraction of sp³-hybridized carbons (Fsp3) is 0.857. The van der Waals surface area contributed by atoms with Crippen LogP contribution in [0.1, 0.15) is 96.8 Å². The van der Waals surface area contributed by atoms with Crippen LogP contribution in [-0.2, 0) is 23.9 Å². The molecule has 0 fully saturated rings. The van der Waals surface area contributed by atoms with Crippen molar-refractivity contribution in [1.29, 1.82) is 0 Å². The van der Waals surface area contributed by atoms with Crippen LogP contribution in [0.4, 0.5) is 0 Å². The number of unbranched alkanes of at least 4 members (excludes halogenated alkanes) is 10. The van der Waals surface area contributed by atoms with E-state index in [1.165, 1.54) is 51.4 Å². The second-order valence-electron chi connectivity index (χ2n) is 7.20. The fourth-order valence-electron chi connectivity index (χ4n) is 2.71. The zero-order valence-electron chi connectivity index (χ0n) is 17.3. The highest BCUT2D eigenvalue weighted by molar-refractivity contribution is 5.76. The van der Waals surface area contributed by atoms with E-state index in [2.05, 4.69) is 6.92 Å². The molecule has 0 saturated carbocycles. The fourth-order valence-corrected chi connectivity index (χ4v) is 2.71. The van der Waals surface area contributed by atoms with Gasteiger partial charge in [0.2, 0.25) is 0 Å². The van der Waals surface area contributed by atoms with Crippen LogP contribution >= 0.6 is 0 Å². The van der Waals surface area contributed by atoms with Crippen LogP contribution < -0.4 is 0 Å². The molecule has 1 unspecified atom stereocenters. The third-order valence-corrected chi connectivity index (χ3v) is 4.40. The number of aliphatic hydroxyl groups is 1. The number of carbonyl (C=O) groups excluding carboxylic acids is 2. The van der Waals surface area contributed by atoms with Gasteiger partial charge in [0.05, 0.1) is 12.8 Å². The highest BCUT2D eigenvalue weighted by Crippen LogP contribution is 2.12. The molecule has 28 heavy (non-hydrogen) atoms. The number of aliphatic carboxylic acids is 1. The van der Waals surface area contributed by atoms with Crippen LogP contribution in [0.5, 0.6) is 0 Å². The maximum atomic E-state index is 11.6. The number of aliphatic hydroxyl groups excluding tert-OH is 1. The van der Waals surface area contributed by atoms with Gasteiger partial charge in [-0.05, 0) is 6.42 Å². The minimum atomic E-state index is -1.10. The summed E-state index contributed by atoms with van der Waals surface area (Å²) in [5.41, 5.74) is 0. The summed E-state index contributed by atoms with van der Waals surface area (Å²) >= 11 is 0. The Balaban J connectivity index is 3.44. The van der Waals surface area contributed by atoms with Crippen molar-refractivity contribution >= 4 is 17.9 Å². The van der Waals surface area contributed by atoms with Crippen molar-refractivity contribution in [2.45, 2.75) is 103 Å². The van der Waals surface area contributed by atoms with Gasteiger partial charge >= 0.3 is 17.9 Å². The van der Waals surface area contributed by atoms with Crippen molar-refractivity contribution in [2.75, 3.05) is 13.2 Å². The average Bonchev–Trinajstić information content (AvgIpc) is 2.67. The number of hydrogen-bond acceptors (Lipinski definition) is 6. The van der Waals surface area contributed by atoms with E-state index >= 15 is 0 Å². The van der Waals surface area contributed by atoms with Gasteiger partial charge in [0.15, 0.2) is 0 Å². The van der Waals surface area contributed by atoms with Crippen molar-refractivity contribution in [1.82, 2.24) is 0 Å². The van der Waals surface area contributed by atoms with Crippen molar-refractivity contribution in [2.24, 2.45) is 0 Å². The molecule has 0 aliphatic rings. The van der Waals surface area contributed by atoms with E-state index in [1.807, 2.05) is 0 Å². The number of carboxylic acids is 1. The van der Waals surface area contributed by atoms with Gasteiger partial charge < -0.3 is 19.7 Å². The molecule has 0 heterocycles. The van der Waals surface area contributed by atoms with Gasteiger partial charge in [-0.25, -0.2) is 0 Å². The topological polar surface area (TPSA) is 110 Å². The molecule has 0 aromatic rings. The van der Waals surface area contributed by atoms with Crippen LogP contribution in [-0.4, -0.2) is 47.4 Å². The van der Waals surface area contributed by atoms with E-state index < -0.39 is 18.0 Å². The number of carboxylic acid groups (broad SMARTS) is 1.